The highest BCUT2D eigenvalue weighted by Crippen LogP contribution is 2.16. The average Bonchev–Trinajstić information content (AvgIpc) is 2.49. The van der Waals surface area contributed by atoms with Gasteiger partial charge in [0.25, 0.3) is 5.91 Å². The second-order valence-electron chi connectivity index (χ2n) is 4.82. The first kappa shape index (κ1) is 17.5. The maximum atomic E-state index is 12.0. The van der Waals surface area contributed by atoms with Crippen molar-refractivity contribution in [1.82, 2.24) is 5.32 Å². The molecule has 0 radical (unpaired) electrons. The highest BCUT2D eigenvalue weighted by Gasteiger charge is 2.07. The fourth-order valence-corrected chi connectivity index (χ4v) is 1.85. The highest BCUT2D eigenvalue weighted by molar-refractivity contribution is 5.94. The van der Waals surface area contributed by atoms with E-state index in [1.54, 1.807) is 7.11 Å². The minimum absolute atomic E-state index is 0.0736. The van der Waals surface area contributed by atoms with Crippen LogP contribution < -0.4 is 10.6 Å². The first-order chi connectivity index (χ1) is 10.2. The predicted octanol–water partition coefficient (Wildman–Crippen LogP) is 2.21. The Kier molecular flexibility index (Phi) is 8.47. The van der Waals surface area contributed by atoms with E-state index in [9.17, 15) is 4.79 Å². The van der Waals surface area contributed by atoms with Gasteiger partial charge in [0, 0.05) is 31.5 Å². The molecule has 0 saturated carbocycles. The van der Waals surface area contributed by atoms with Crippen molar-refractivity contribution in [2.45, 2.75) is 20.3 Å². The number of aryl methyl sites for hydroxylation is 1. The van der Waals surface area contributed by atoms with E-state index in [1.807, 2.05) is 25.1 Å². The number of hydrogen-bond donors (Lipinski definition) is 2. The second kappa shape index (κ2) is 10.2. The lowest BCUT2D eigenvalue weighted by atomic mass is 10.1. The van der Waals surface area contributed by atoms with E-state index in [1.165, 1.54) is 0 Å². The van der Waals surface area contributed by atoms with Crippen molar-refractivity contribution in [3.63, 3.8) is 0 Å². The summed E-state index contributed by atoms with van der Waals surface area (Å²) in [5.74, 6) is -0.0736. The van der Waals surface area contributed by atoms with Crippen LogP contribution in [0.3, 0.4) is 0 Å². The Labute approximate surface area is 127 Å². The highest BCUT2D eigenvalue weighted by atomic mass is 16.5. The molecule has 2 N–H and O–H groups in total. The summed E-state index contributed by atoms with van der Waals surface area (Å²) in [5.41, 5.74) is 2.83. The van der Waals surface area contributed by atoms with Crippen LogP contribution in [0.25, 0.3) is 0 Å². The Morgan fingerprint density at radius 3 is 2.67 bits per heavy atom. The molecule has 21 heavy (non-hydrogen) atoms. The van der Waals surface area contributed by atoms with Crippen LogP contribution in [-0.4, -0.2) is 45.9 Å². The topological polar surface area (TPSA) is 59.6 Å². The lowest BCUT2D eigenvalue weighted by molar-refractivity contribution is 0.0692. The van der Waals surface area contributed by atoms with Crippen LogP contribution in [0.5, 0.6) is 0 Å². The number of carbonyl (C=O) groups is 1. The van der Waals surface area contributed by atoms with Crippen LogP contribution in [0.1, 0.15) is 29.3 Å². The lowest BCUT2D eigenvalue weighted by Crippen LogP contribution is -2.27. The van der Waals surface area contributed by atoms with Crippen molar-refractivity contribution in [2.75, 3.05) is 45.3 Å². The quantitative estimate of drug-likeness (QED) is 0.650. The van der Waals surface area contributed by atoms with Crippen LogP contribution in [0.15, 0.2) is 18.2 Å². The van der Waals surface area contributed by atoms with E-state index >= 15 is 0 Å². The molecule has 0 saturated heterocycles. The van der Waals surface area contributed by atoms with E-state index in [-0.39, 0.29) is 5.91 Å². The molecular weight excluding hydrogens is 268 g/mol. The zero-order chi connectivity index (χ0) is 15.5. The monoisotopic (exact) mass is 294 g/mol. The molecule has 0 aliphatic heterocycles. The summed E-state index contributed by atoms with van der Waals surface area (Å²) in [7, 11) is 1.63. The molecule has 0 unspecified atom stereocenters. The number of carbonyl (C=O) groups excluding carboxylic acids is 1. The van der Waals surface area contributed by atoms with E-state index in [0.29, 0.717) is 31.9 Å². The Morgan fingerprint density at radius 2 is 2.00 bits per heavy atom. The Bertz CT molecular complexity index is 436. The van der Waals surface area contributed by atoms with Crippen LogP contribution in [0.4, 0.5) is 5.69 Å². The molecule has 0 aliphatic rings. The average molecular weight is 294 g/mol. The first-order valence-electron chi connectivity index (χ1n) is 7.38. The largest absolute Gasteiger partial charge is 0.385 e. The third-order valence-corrected chi connectivity index (χ3v) is 3.02. The Hall–Kier alpha value is -1.59. The van der Waals surface area contributed by atoms with Gasteiger partial charge in [0.1, 0.15) is 0 Å². The van der Waals surface area contributed by atoms with Crippen molar-refractivity contribution in [1.29, 1.82) is 0 Å². The molecule has 0 fully saturated rings. The Balaban J connectivity index is 2.38. The zero-order valence-electron chi connectivity index (χ0n) is 13.2. The van der Waals surface area contributed by atoms with Crippen LogP contribution in [0, 0.1) is 6.92 Å². The van der Waals surface area contributed by atoms with Crippen LogP contribution in [-0.2, 0) is 9.47 Å². The van der Waals surface area contributed by atoms with E-state index in [4.69, 9.17) is 9.47 Å². The zero-order valence-corrected chi connectivity index (χ0v) is 13.2. The molecule has 0 aliphatic carbocycles. The number of nitrogens with one attached hydrogen (secondary N) is 2. The molecule has 0 heterocycles. The first-order valence-corrected chi connectivity index (χ1v) is 7.38. The SMILES string of the molecule is CCCNc1ccc(C(=O)NCCOCCOC)cc1C. The molecule has 0 spiro atoms. The van der Waals surface area contributed by atoms with E-state index in [2.05, 4.69) is 17.6 Å². The molecule has 5 nitrogen and oxygen atoms in total. The molecular formula is C16H26N2O3. The summed E-state index contributed by atoms with van der Waals surface area (Å²) in [6.07, 6.45) is 1.07. The smallest absolute Gasteiger partial charge is 0.251 e. The summed E-state index contributed by atoms with van der Waals surface area (Å²) in [4.78, 5) is 12.0. The van der Waals surface area contributed by atoms with Gasteiger partial charge >= 0.3 is 0 Å². The number of ether oxygens (including phenoxy) is 2. The van der Waals surface area contributed by atoms with Crippen molar-refractivity contribution in [3.05, 3.63) is 29.3 Å². The molecule has 1 aromatic carbocycles. The molecule has 5 heteroatoms. The maximum absolute atomic E-state index is 12.0. The molecule has 1 rings (SSSR count). The van der Waals surface area contributed by atoms with E-state index in [0.717, 1.165) is 24.2 Å². The molecule has 0 aromatic heterocycles. The van der Waals surface area contributed by atoms with Crippen LogP contribution >= 0.6 is 0 Å². The lowest BCUT2D eigenvalue weighted by Gasteiger charge is -2.11. The van der Waals surface area contributed by atoms with Crippen molar-refractivity contribution >= 4 is 11.6 Å². The summed E-state index contributed by atoms with van der Waals surface area (Å²) in [6, 6.07) is 5.69. The van der Waals surface area contributed by atoms with E-state index < -0.39 is 0 Å². The number of rotatable bonds is 10. The summed E-state index contributed by atoms with van der Waals surface area (Å²) >= 11 is 0. The normalized spacial score (nSPS) is 10.4. The van der Waals surface area contributed by atoms with Gasteiger partial charge in [-0.1, -0.05) is 6.92 Å². The number of anilines is 1. The second-order valence-corrected chi connectivity index (χ2v) is 4.82. The summed E-state index contributed by atoms with van der Waals surface area (Å²) in [5, 5.41) is 6.18. The number of hydrogen-bond acceptors (Lipinski definition) is 4. The number of benzene rings is 1. The van der Waals surface area contributed by atoms with Gasteiger partial charge in [-0.15, -0.1) is 0 Å². The van der Waals surface area contributed by atoms with Gasteiger partial charge in [0.05, 0.1) is 19.8 Å². The minimum Gasteiger partial charge on any atom is -0.385 e. The fourth-order valence-electron chi connectivity index (χ4n) is 1.85. The van der Waals surface area contributed by atoms with Gasteiger partial charge in [0.2, 0.25) is 0 Å². The predicted molar refractivity (Wildman–Crippen MR) is 85.0 cm³/mol. The van der Waals surface area contributed by atoms with Crippen molar-refractivity contribution in [2.24, 2.45) is 0 Å². The summed E-state index contributed by atoms with van der Waals surface area (Å²) < 4.78 is 10.2. The summed E-state index contributed by atoms with van der Waals surface area (Å²) in [6.45, 7) is 7.16. The molecule has 1 amide bonds. The maximum Gasteiger partial charge on any atom is 0.251 e. The standard InChI is InChI=1S/C16H26N2O3/c1-4-7-17-15-6-5-14(12-13(15)2)16(19)18-8-9-21-11-10-20-3/h5-6,12,17H,4,7-11H2,1-3H3,(H,18,19). The van der Waals surface area contributed by atoms with Gasteiger partial charge in [-0.3, -0.25) is 4.79 Å². The minimum atomic E-state index is -0.0736. The number of amides is 1. The van der Waals surface area contributed by atoms with Gasteiger partial charge in [-0.05, 0) is 37.1 Å². The van der Waals surface area contributed by atoms with Gasteiger partial charge in [-0.25, -0.2) is 0 Å². The third kappa shape index (κ3) is 6.60. The van der Waals surface area contributed by atoms with Gasteiger partial charge in [0.15, 0.2) is 0 Å². The van der Waals surface area contributed by atoms with Crippen molar-refractivity contribution < 1.29 is 14.3 Å². The molecule has 0 atom stereocenters. The Morgan fingerprint density at radius 1 is 1.19 bits per heavy atom. The van der Waals surface area contributed by atoms with Gasteiger partial charge in [-0.2, -0.15) is 0 Å². The fraction of sp³-hybridized carbons (Fsp3) is 0.562. The van der Waals surface area contributed by atoms with Crippen LogP contribution in [0.2, 0.25) is 0 Å². The third-order valence-electron chi connectivity index (χ3n) is 3.02. The van der Waals surface area contributed by atoms with Crippen molar-refractivity contribution in [3.8, 4) is 0 Å². The molecule has 1 aromatic rings. The molecule has 118 valence electrons. The molecule has 0 bridgehead atoms. The van der Waals surface area contributed by atoms with Gasteiger partial charge < -0.3 is 20.1 Å². The number of methoxy groups -OCH3 is 1.